The van der Waals surface area contributed by atoms with Crippen LogP contribution in [0.2, 0.25) is 0 Å². The Morgan fingerprint density at radius 3 is 2.20 bits per heavy atom. The number of amides is 1. The summed E-state index contributed by atoms with van der Waals surface area (Å²) in [4.78, 5) is 38.3. The van der Waals surface area contributed by atoms with Crippen molar-refractivity contribution in [2.45, 2.75) is 50.9 Å². The molecule has 2 heterocycles. The van der Waals surface area contributed by atoms with E-state index in [1.807, 2.05) is 72.8 Å². The van der Waals surface area contributed by atoms with E-state index in [2.05, 4.69) is 15.1 Å². The number of carboxylic acid groups (broad SMARTS) is 1. The van der Waals surface area contributed by atoms with Crippen molar-refractivity contribution in [3.05, 3.63) is 129 Å². The Balaban J connectivity index is 1.13. The molecule has 2 aliphatic rings. The number of benzene rings is 4. The van der Waals surface area contributed by atoms with Gasteiger partial charge in [0, 0.05) is 75.5 Å². The van der Waals surface area contributed by atoms with E-state index in [0.717, 1.165) is 71.8 Å². The number of ether oxygens (including phenoxy) is 2. The van der Waals surface area contributed by atoms with Crippen molar-refractivity contribution in [2.75, 3.05) is 37.6 Å². The lowest BCUT2D eigenvalue weighted by Crippen LogP contribution is -2.49. The van der Waals surface area contributed by atoms with Crippen LogP contribution in [0.5, 0.6) is 0 Å². The number of nitrogens with zero attached hydrogens (tertiary/aromatic N) is 3. The maximum atomic E-state index is 12.2. The lowest BCUT2D eigenvalue weighted by atomic mass is 9.97. The van der Waals surface area contributed by atoms with Crippen LogP contribution in [0.25, 0.3) is 11.1 Å². The van der Waals surface area contributed by atoms with Crippen molar-refractivity contribution >= 4 is 23.3 Å². The number of nitro benzene ring substituents is 1. The van der Waals surface area contributed by atoms with Gasteiger partial charge in [0.2, 0.25) is 5.91 Å². The Morgan fingerprint density at radius 1 is 0.843 bits per heavy atom. The molecule has 4 aromatic carbocycles. The second kappa shape index (κ2) is 16.7. The predicted octanol–water partition coefficient (Wildman–Crippen LogP) is 5.60. The van der Waals surface area contributed by atoms with Gasteiger partial charge in [0.15, 0.2) is 6.29 Å². The van der Waals surface area contributed by atoms with Crippen molar-refractivity contribution in [3.8, 4) is 11.1 Å². The van der Waals surface area contributed by atoms with Crippen LogP contribution in [-0.4, -0.2) is 70.7 Å². The van der Waals surface area contributed by atoms with Gasteiger partial charge in [-0.1, -0.05) is 72.8 Å². The third kappa shape index (κ3) is 9.35. The van der Waals surface area contributed by atoms with E-state index in [0.29, 0.717) is 6.42 Å². The monoisotopic (exact) mass is 694 g/mol. The first kappa shape index (κ1) is 35.7. The highest BCUT2D eigenvalue weighted by Crippen LogP contribution is 2.39. The predicted molar refractivity (Wildman–Crippen MR) is 191 cm³/mol. The van der Waals surface area contributed by atoms with E-state index in [9.17, 15) is 24.8 Å². The number of piperazine rings is 1. The van der Waals surface area contributed by atoms with E-state index < -0.39 is 12.3 Å². The number of nitrogens with one attached hydrogen (secondary N) is 1. The van der Waals surface area contributed by atoms with Gasteiger partial charge in [-0.15, -0.1) is 0 Å². The van der Waals surface area contributed by atoms with E-state index in [-0.39, 0.29) is 54.7 Å². The Labute approximate surface area is 296 Å². The number of nitro groups is 1. The highest BCUT2D eigenvalue weighted by molar-refractivity contribution is 5.81. The summed E-state index contributed by atoms with van der Waals surface area (Å²) in [5.74, 6) is -1.32. The Bertz CT molecular complexity index is 1790. The third-order valence-corrected chi connectivity index (χ3v) is 9.43. The smallest absolute Gasteiger partial charge is 0.303 e. The number of aliphatic carboxylic acids is 1. The Morgan fingerprint density at radius 2 is 1.53 bits per heavy atom. The molecule has 1 amide bonds. The number of aliphatic hydroxyl groups is 1. The molecule has 0 saturated carbocycles. The zero-order valence-electron chi connectivity index (χ0n) is 28.2. The van der Waals surface area contributed by atoms with Crippen LogP contribution in [0.15, 0.2) is 97.1 Å². The molecule has 0 aliphatic carbocycles. The van der Waals surface area contributed by atoms with Gasteiger partial charge >= 0.3 is 5.97 Å². The number of rotatable bonds is 13. The van der Waals surface area contributed by atoms with Crippen LogP contribution >= 0.6 is 0 Å². The molecule has 12 heteroatoms. The Kier molecular flexibility index (Phi) is 11.7. The topological polar surface area (TPSA) is 155 Å². The van der Waals surface area contributed by atoms with Crippen molar-refractivity contribution in [1.29, 1.82) is 0 Å². The van der Waals surface area contributed by atoms with E-state index >= 15 is 0 Å². The van der Waals surface area contributed by atoms with Crippen LogP contribution in [-0.2, 0) is 32.2 Å². The average molecular weight is 695 g/mol. The molecule has 2 saturated heterocycles. The fourth-order valence-corrected chi connectivity index (χ4v) is 6.57. The third-order valence-electron chi connectivity index (χ3n) is 9.43. The number of anilines is 1. The fraction of sp³-hybridized carbons (Fsp3) is 0.333. The zero-order chi connectivity index (χ0) is 35.7. The molecule has 6 rings (SSSR count). The summed E-state index contributed by atoms with van der Waals surface area (Å²) in [5.41, 5.74) is 6.62. The van der Waals surface area contributed by atoms with Crippen LogP contribution < -0.4 is 10.2 Å². The lowest BCUT2D eigenvalue weighted by Gasteiger charge is -2.41. The van der Waals surface area contributed by atoms with Crippen molar-refractivity contribution in [2.24, 2.45) is 0 Å². The summed E-state index contributed by atoms with van der Waals surface area (Å²) < 4.78 is 13.2. The second-order valence-corrected chi connectivity index (χ2v) is 12.9. The van der Waals surface area contributed by atoms with Gasteiger partial charge in [0.05, 0.1) is 30.2 Å². The molecule has 4 aromatic rings. The van der Waals surface area contributed by atoms with Gasteiger partial charge in [-0.3, -0.25) is 24.6 Å². The summed E-state index contributed by atoms with van der Waals surface area (Å²) >= 11 is 0. The first-order valence-electron chi connectivity index (χ1n) is 17.1. The summed E-state index contributed by atoms with van der Waals surface area (Å²) in [6.45, 7) is 4.23. The van der Waals surface area contributed by atoms with Crippen molar-refractivity contribution in [1.82, 2.24) is 10.2 Å². The first-order chi connectivity index (χ1) is 24.7. The molecule has 51 heavy (non-hydrogen) atoms. The van der Waals surface area contributed by atoms with Crippen molar-refractivity contribution in [3.63, 3.8) is 0 Å². The minimum absolute atomic E-state index is 0.0292. The maximum Gasteiger partial charge on any atom is 0.303 e. The van der Waals surface area contributed by atoms with E-state index in [1.54, 1.807) is 24.3 Å². The fourth-order valence-electron chi connectivity index (χ4n) is 6.57. The molecule has 2 fully saturated rings. The highest BCUT2D eigenvalue weighted by atomic mass is 16.7. The molecular weight excluding hydrogens is 652 g/mol. The molecule has 0 aromatic heterocycles. The summed E-state index contributed by atoms with van der Waals surface area (Å²) in [6.07, 6.45) is -0.543. The lowest BCUT2D eigenvalue weighted by molar-refractivity contribution is -0.384. The SMILES string of the molecule is O=C(O)CCC(=O)NCc1ccccc1-c1ccc(C2OC(CN3CCN(c4ccc([N+](=O)[O-])cc4)CC3)CC(c3ccc(CO)cc3)O2)cc1. The van der Waals surface area contributed by atoms with Gasteiger partial charge in [0.1, 0.15) is 0 Å². The standard InChI is InChI=1S/C39H42N4O8/c44-26-27-5-7-29(8-6-27)36-23-34(25-41-19-21-42(22-20-41)32-13-15-33(16-14-32)43(48)49)50-39(51-36)30-11-9-28(10-12-30)35-4-2-1-3-31(35)24-40-37(45)17-18-38(46)47/h1-16,34,36,39,44H,17-26H2,(H,40,45)(H,46,47). The van der Waals surface area contributed by atoms with E-state index in [1.165, 1.54) is 0 Å². The van der Waals surface area contributed by atoms with Gasteiger partial charge < -0.3 is 29.9 Å². The molecule has 3 atom stereocenters. The Hall–Kier alpha value is -5.14. The summed E-state index contributed by atoms with van der Waals surface area (Å²) in [6, 6.07) is 30.3. The summed E-state index contributed by atoms with van der Waals surface area (Å²) in [7, 11) is 0. The van der Waals surface area contributed by atoms with Crippen molar-refractivity contribution < 1.29 is 34.2 Å². The number of aliphatic hydroxyl groups excluding tert-OH is 1. The minimum atomic E-state index is -1.01. The summed E-state index contributed by atoms with van der Waals surface area (Å²) in [5, 5.41) is 32.3. The minimum Gasteiger partial charge on any atom is -0.481 e. The highest BCUT2D eigenvalue weighted by Gasteiger charge is 2.34. The van der Waals surface area contributed by atoms with Crippen LogP contribution in [0.1, 0.15) is 53.9 Å². The number of non-ortho nitro benzene ring substituents is 1. The molecular formula is C39H42N4O8. The van der Waals surface area contributed by atoms with Gasteiger partial charge in [0.25, 0.3) is 5.69 Å². The second-order valence-electron chi connectivity index (χ2n) is 12.9. The maximum absolute atomic E-state index is 12.2. The van der Waals surface area contributed by atoms with Crippen LogP contribution in [0.4, 0.5) is 11.4 Å². The number of carboxylic acids is 1. The quantitative estimate of drug-likeness (QED) is 0.119. The molecule has 266 valence electrons. The van der Waals surface area contributed by atoms with Gasteiger partial charge in [-0.2, -0.15) is 0 Å². The van der Waals surface area contributed by atoms with Gasteiger partial charge in [-0.05, 0) is 39.9 Å². The molecule has 2 aliphatic heterocycles. The number of carbonyl (C=O) groups is 2. The number of carbonyl (C=O) groups excluding carboxylic acids is 1. The largest absolute Gasteiger partial charge is 0.481 e. The van der Waals surface area contributed by atoms with Crippen LogP contribution in [0.3, 0.4) is 0 Å². The average Bonchev–Trinajstić information content (AvgIpc) is 3.16. The van der Waals surface area contributed by atoms with E-state index in [4.69, 9.17) is 14.6 Å². The molecule has 0 radical (unpaired) electrons. The number of hydrogen-bond acceptors (Lipinski definition) is 9. The first-order valence-corrected chi connectivity index (χ1v) is 17.1. The molecule has 0 spiro atoms. The molecule has 0 bridgehead atoms. The number of hydrogen-bond donors (Lipinski definition) is 3. The molecule has 12 nitrogen and oxygen atoms in total. The van der Waals surface area contributed by atoms with Gasteiger partial charge in [-0.25, -0.2) is 0 Å². The molecule has 3 unspecified atom stereocenters. The zero-order valence-corrected chi connectivity index (χ0v) is 28.2. The normalized spacial score (nSPS) is 19.4. The van der Waals surface area contributed by atoms with Crippen LogP contribution in [0, 0.1) is 10.1 Å². The molecule has 3 N–H and O–H groups in total.